The molecule has 0 atom stereocenters. The van der Waals surface area contributed by atoms with Crippen molar-refractivity contribution in [3.63, 3.8) is 0 Å². The van der Waals surface area contributed by atoms with Crippen LogP contribution in [0.5, 0.6) is 0 Å². The Balaban J connectivity index is 1.29. The van der Waals surface area contributed by atoms with Crippen LogP contribution in [0.25, 0.3) is 10.6 Å². The third-order valence-electron chi connectivity index (χ3n) is 6.10. The van der Waals surface area contributed by atoms with Crippen molar-refractivity contribution in [3.8, 4) is 10.6 Å². The molecule has 22 heavy (non-hydrogen) atoms. The van der Waals surface area contributed by atoms with E-state index < -0.39 is 0 Å². The van der Waals surface area contributed by atoms with E-state index in [-0.39, 0.29) is 0 Å². The van der Waals surface area contributed by atoms with Crippen LogP contribution in [0.2, 0.25) is 0 Å². The fourth-order valence-electron chi connectivity index (χ4n) is 5.61. The molecule has 0 unspecified atom stereocenters. The summed E-state index contributed by atoms with van der Waals surface area (Å²) in [6, 6.07) is 6.53. The predicted molar refractivity (Wildman–Crippen MR) is 89.6 cm³/mol. The molecule has 2 aromatic rings. The van der Waals surface area contributed by atoms with Crippen molar-refractivity contribution >= 4 is 11.3 Å². The molecule has 3 nitrogen and oxygen atoms in total. The Labute approximate surface area is 135 Å². The fraction of sp³-hybridized carbons (Fsp3) is 0.611. The Kier molecular flexibility index (Phi) is 2.99. The summed E-state index contributed by atoms with van der Waals surface area (Å²) in [5, 5.41) is 11.1. The number of nitrogens with one attached hydrogen (secondary N) is 2. The van der Waals surface area contributed by atoms with Crippen LogP contribution >= 0.6 is 11.3 Å². The molecule has 2 heterocycles. The molecule has 4 aliphatic rings. The van der Waals surface area contributed by atoms with E-state index in [2.05, 4.69) is 27.6 Å². The van der Waals surface area contributed by atoms with Crippen LogP contribution in [0, 0.1) is 17.8 Å². The van der Waals surface area contributed by atoms with Gasteiger partial charge < -0.3 is 5.32 Å². The van der Waals surface area contributed by atoms with Crippen molar-refractivity contribution in [3.05, 3.63) is 29.3 Å². The minimum absolute atomic E-state index is 0.465. The molecule has 0 amide bonds. The lowest BCUT2D eigenvalue weighted by atomic mass is 9.53. The van der Waals surface area contributed by atoms with Crippen LogP contribution in [0.1, 0.15) is 43.4 Å². The molecule has 0 radical (unpaired) electrons. The van der Waals surface area contributed by atoms with Gasteiger partial charge in [-0.2, -0.15) is 5.10 Å². The molecule has 4 bridgehead atoms. The SMILES string of the molecule is c1cc(-c2ccc(CNC34CC5CC(CC(C5)C3)C4)s2)[nH]n1. The number of thiophene rings is 1. The fourth-order valence-corrected chi connectivity index (χ4v) is 6.54. The van der Waals surface area contributed by atoms with Crippen molar-refractivity contribution in [2.45, 2.75) is 50.6 Å². The van der Waals surface area contributed by atoms with Crippen LogP contribution in [-0.2, 0) is 6.54 Å². The van der Waals surface area contributed by atoms with Gasteiger partial charge in [0.05, 0.1) is 10.6 Å². The van der Waals surface area contributed by atoms with Crippen LogP contribution in [0.15, 0.2) is 24.4 Å². The van der Waals surface area contributed by atoms with E-state index in [4.69, 9.17) is 0 Å². The number of hydrogen-bond donors (Lipinski definition) is 2. The second kappa shape index (κ2) is 4.93. The molecule has 4 fully saturated rings. The van der Waals surface area contributed by atoms with Crippen molar-refractivity contribution in [1.29, 1.82) is 0 Å². The molecule has 4 saturated carbocycles. The first-order chi connectivity index (χ1) is 10.8. The Hall–Kier alpha value is -1.13. The molecule has 2 aromatic heterocycles. The van der Waals surface area contributed by atoms with Gasteiger partial charge in [-0.3, -0.25) is 5.10 Å². The molecule has 2 N–H and O–H groups in total. The molecular weight excluding hydrogens is 290 g/mol. The third-order valence-corrected chi connectivity index (χ3v) is 7.22. The molecule has 0 saturated heterocycles. The number of H-pyrrole nitrogens is 1. The van der Waals surface area contributed by atoms with Crippen LogP contribution < -0.4 is 5.32 Å². The molecule has 0 spiro atoms. The zero-order valence-corrected chi connectivity index (χ0v) is 13.7. The summed E-state index contributed by atoms with van der Waals surface area (Å²) in [6.07, 6.45) is 10.7. The summed E-state index contributed by atoms with van der Waals surface area (Å²) in [5.74, 6) is 3.05. The van der Waals surface area contributed by atoms with Crippen molar-refractivity contribution in [1.82, 2.24) is 15.5 Å². The van der Waals surface area contributed by atoms with Gasteiger partial charge in [0.2, 0.25) is 0 Å². The number of aromatic nitrogens is 2. The average molecular weight is 313 g/mol. The van der Waals surface area contributed by atoms with E-state index >= 15 is 0 Å². The molecular formula is C18H23N3S. The Morgan fingerprint density at radius 1 is 1.09 bits per heavy atom. The van der Waals surface area contributed by atoms with Crippen molar-refractivity contribution < 1.29 is 0 Å². The van der Waals surface area contributed by atoms with Crippen LogP contribution in [0.4, 0.5) is 0 Å². The largest absolute Gasteiger partial charge is 0.306 e. The van der Waals surface area contributed by atoms with E-state index in [0.717, 1.165) is 30.0 Å². The second-order valence-electron chi connectivity index (χ2n) is 7.79. The first-order valence-corrected chi connectivity index (χ1v) is 9.43. The monoisotopic (exact) mass is 313 g/mol. The molecule has 0 aromatic carbocycles. The van der Waals surface area contributed by atoms with E-state index in [9.17, 15) is 0 Å². The van der Waals surface area contributed by atoms with Gasteiger partial charge in [-0.05, 0) is 74.5 Å². The van der Waals surface area contributed by atoms with E-state index in [0.29, 0.717) is 5.54 Å². The summed E-state index contributed by atoms with van der Waals surface area (Å²) in [4.78, 5) is 2.74. The normalized spacial score (nSPS) is 36.1. The zero-order valence-electron chi connectivity index (χ0n) is 12.8. The lowest BCUT2D eigenvalue weighted by Gasteiger charge is -2.57. The Morgan fingerprint density at radius 3 is 2.45 bits per heavy atom. The van der Waals surface area contributed by atoms with Crippen LogP contribution in [0.3, 0.4) is 0 Å². The van der Waals surface area contributed by atoms with E-state index in [1.54, 1.807) is 0 Å². The number of rotatable bonds is 4. The minimum Gasteiger partial charge on any atom is -0.306 e. The van der Waals surface area contributed by atoms with Crippen molar-refractivity contribution in [2.24, 2.45) is 17.8 Å². The summed E-state index contributed by atoms with van der Waals surface area (Å²) < 4.78 is 0. The average Bonchev–Trinajstić information content (AvgIpc) is 3.15. The van der Waals surface area contributed by atoms with Gasteiger partial charge in [0.1, 0.15) is 0 Å². The quantitative estimate of drug-likeness (QED) is 0.888. The van der Waals surface area contributed by atoms with Crippen molar-refractivity contribution in [2.75, 3.05) is 0 Å². The maximum atomic E-state index is 4.05. The Morgan fingerprint density at radius 2 is 1.82 bits per heavy atom. The highest BCUT2D eigenvalue weighted by Gasteiger charge is 2.50. The van der Waals surface area contributed by atoms with E-state index in [1.807, 2.05) is 23.6 Å². The van der Waals surface area contributed by atoms with Gasteiger partial charge in [-0.15, -0.1) is 11.3 Å². The lowest BCUT2D eigenvalue weighted by molar-refractivity contribution is -0.0204. The summed E-state index contributed by atoms with van der Waals surface area (Å²) in [7, 11) is 0. The molecule has 4 heteroatoms. The van der Waals surface area contributed by atoms with Gasteiger partial charge in [0, 0.05) is 23.2 Å². The van der Waals surface area contributed by atoms with Gasteiger partial charge in [-0.1, -0.05) is 0 Å². The molecule has 4 aliphatic carbocycles. The summed E-state index contributed by atoms with van der Waals surface area (Å²) >= 11 is 1.89. The highest BCUT2D eigenvalue weighted by molar-refractivity contribution is 7.15. The third kappa shape index (κ3) is 2.24. The molecule has 116 valence electrons. The van der Waals surface area contributed by atoms with Gasteiger partial charge in [0.15, 0.2) is 0 Å². The maximum absolute atomic E-state index is 4.05. The van der Waals surface area contributed by atoms with Gasteiger partial charge in [0.25, 0.3) is 0 Å². The van der Waals surface area contributed by atoms with E-state index in [1.165, 1.54) is 48.3 Å². The van der Waals surface area contributed by atoms with Gasteiger partial charge in [-0.25, -0.2) is 0 Å². The standard InChI is InChI=1S/C18H23N3S/c1-2-17(16-3-4-20-21-16)22-15(1)11-19-18-8-12-5-13(9-18)7-14(6-12)10-18/h1-4,12-14,19H,5-11H2,(H,20,21). The smallest absolute Gasteiger partial charge is 0.0749 e. The minimum atomic E-state index is 0.465. The lowest BCUT2D eigenvalue weighted by Crippen LogP contribution is -2.58. The highest BCUT2D eigenvalue weighted by Crippen LogP contribution is 2.55. The zero-order chi connectivity index (χ0) is 14.6. The predicted octanol–water partition coefficient (Wildman–Crippen LogP) is 4.20. The first-order valence-electron chi connectivity index (χ1n) is 8.61. The Bertz CT molecular complexity index is 622. The summed E-state index contributed by atoms with van der Waals surface area (Å²) in [6.45, 7) is 1.03. The van der Waals surface area contributed by atoms with Crippen LogP contribution in [-0.4, -0.2) is 15.7 Å². The highest BCUT2D eigenvalue weighted by atomic mass is 32.1. The number of aromatic amines is 1. The number of nitrogens with zero attached hydrogens (tertiary/aromatic N) is 1. The topological polar surface area (TPSA) is 40.7 Å². The molecule has 0 aliphatic heterocycles. The molecule has 6 rings (SSSR count). The van der Waals surface area contributed by atoms with Gasteiger partial charge >= 0.3 is 0 Å². The number of hydrogen-bond acceptors (Lipinski definition) is 3. The summed E-state index contributed by atoms with van der Waals surface area (Å²) in [5.41, 5.74) is 1.60. The first kappa shape index (κ1) is 13.3. The second-order valence-corrected chi connectivity index (χ2v) is 8.96. The maximum Gasteiger partial charge on any atom is 0.0749 e.